The first-order valence-electron chi connectivity index (χ1n) is 7.73. The highest BCUT2D eigenvalue weighted by atomic mass is 16.3. The topological polar surface area (TPSA) is 70.8 Å². The lowest BCUT2D eigenvalue weighted by molar-refractivity contribution is -0.135. The first-order valence-corrected chi connectivity index (χ1v) is 7.73. The summed E-state index contributed by atoms with van der Waals surface area (Å²) in [5.41, 5.74) is 1.86. The fourth-order valence-corrected chi connectivity index (χ4v) is 2.81. The zero-order valence-corrected chi connectivity index (χ0v) is 13.6. The van der Waals surface area contributed by atoms with E-state index in [1.54, 1.807) is 11.0 Å². The van der Waals surface area contributed by atoms with Crippen molar-refractivity contribution in [2.24, 2.45) is 0 Å². The van der Waals surface area contributed by atoms with Crippen molar-refractivity contribution in [2.75, 3.05) is 18.0 Å². The predicted octanol–water partition coefficient (Wildman–Crippen LogP) is 2.03. The zero-order chi connectivity index (χ0) is 17.3. The second-order valence-electron chi connectivity index (χ2n) is 5.93. The number of aryl methyl sites for hydroxylation is 1. The average Bonchev–Trinajstić information content (AvgIpc) is 3.09. The molecule has 1 atom stereocenters. The van der Waals surface area contributed by atoms with Crippen molar-refractivity contribution in [1.82, 2.24) is 4.90 Å². The molecule has 0 N–H and O–H groups in total. The van der Waals surface area contributed by atoms with Crippen molar-refractivity contribution < 1.29 is 18.8 Å². The molecule has 0 bridgehead atoms. The van der Waals surface area contributed by atoms with Gasteiger partial charge in [-0.05, 0) is 43.7 Å². The maximum atomic E-state index is 12.5. The van der Waals surface area contributed by atoms with E-state index in [2.05, 4.69) is 0 Å². The van der Waals surface area contributed by atoms with E-state index >= 15 is 0 Å². The van der Waals surface area contributed by atoms with Gasteiger partial charge in [0.05, 0.1) is 6.26 Å². The normalized spacial score (nSPS) is 17.9. The summed E-state index contributed by atoms with van der Waals surface area (Å²) in [6.45, 7) is 4.00. The number of hydrogen-bond donors (Lipinski definition) is 0. The molecule has 3 rings (SSSR count). The first-order chi connectivity index (χ1) is 11.5. The highest BCUT2D eigenvalue weighted by molar-refractivity contribution is 6.42. The Kier molecular flexibility index (Phi) is 4.20. The molecule has 0 radical (unpaired) electrons. The summed E-state index contributed by atoms with van der Waals surface area (Å²) >= 11 is 0. The smallest absolute Gasteiger partial charge is 0.299 e. The molecule has 1 aromatic heterocycles. The van der Waals surface area contributed by atoms with Crippen molar-refractivity contribution >= 4 is 23.3 Å². The van der Waals surface area contributed by atoms with Gasteiger partial charge in [0.1, 0.15) is 6.54 Å². The lowest BCUT2D eigenvalue weighted by atomic mass is 10.1. The average molecular weight is 326 g/mol. The van der Waals surface area contributed by atoms with Crippen LogP contribution in [0.25, 0.3) is 0 Å². The van der Waals surface area contributed by atoms with E-state index in [0.717, 1.165) is 11.3 Å². The van der Waals surface area contributed by atoms with Crippen LogP contribution in [0.3, 0.4) is 0 Å². The van der Waals surface area contributed by atoms with Crippen LogP contribution in [-0.2, 0) is 9.59 Å². The van der Waals surface area contributed by atoms with Gasteiger partial charge in [0.2, 0.25) is 5.91 Å². The monoisotopic (exact) mass is 326 g/mol. The van der Waals surface area contributed by atoms with Gasteiger partial charge in [-0.25, -0.2) is 0 Å². The second kappa shape index (κ2) is 6.31. The number of amides is 2. The number of nitrogens with zero attached hydrogens (tertiary/aromatic N) is 2. The van der Waals surface area contributed by atoms with Gasteiger partial charge in [-0.2, -0.15) is 0 Å². The molecule has 0 unspecified atom stereocenters. The summed E-state index contributed by atoms with van der Waals surface area (Å²) in [5.74, 6) is -1.67. The molecule has 1 saturated heterocycles. The molecule has 1 aliphatic heterocycles. The summed E-state index contributed by atoms with van der Waals surface area (Å²) in [6.07, 6.45) is 1.34. The van der Waals surface area contributed by atoms with Crippen molar-refractivity contribution in [3.05, 3.63) is 54.0 Å². The van der Waals surface area contributed by atoms with E-state index in [-0.39, 0.29) is 24.3 Å². The Labute approximate surface area is 139 Å². The SMILES string of the molecule is Cc1cccc(N2C[C@@H](C)N(C(=O)C(=O)c3ccco3)CC2=O)c1. The van der Waals surface area contributed by atoms with Crippen LogP contribution in [0.2, 0.25) is 0 Å². The number of carbonyl (C=O) groups is 3. The van der Waals surface area contributed by atoms with Gasteiger partial charge in [0.25, 0.3) is 11.7 Å². The number of Topliss-reactive ketones (excluding diaryl/α,β-unsaturated/α-hetero) is 1. The van der Waals surface area contributed by atoms with Gasteiger partial charge in [0.15, 0.2) is 5.76 Å². The van der Waals surface area contributed by atoms with E-state index < -0.39 is 11.7 Å². The van der Waals surface area contributed by atoms with Crippen LogP contribution < -0.4 is 4.90 Å². The van der Waals surface area contributed by atoms with Crippen LogP contribution in [-0.4, -0.2) is 41.6 Å². The van der Waals surface area contributed by atoms with Crippen molar-refractivity contribution in [1.29, 1.82) is 0 Å². The van der Waals surface area contributed by atoms with Gasteiger partial charge in [0, 0.05) is 18.3 Å². The van der Waals surface area contributed by atoms with E-state index in [9.17, 15) is 14.4 Å². The first kappa shape index (κ1) is 16.0. The van der Waals surface area contributed by atoms with E-state index in [1.807, 2.05) is 38.1 Å². The number of benzene rings is 1. The predicted molar refractivity (Wildman–Crippen MR) is 87.7 cm³/mol. The molecule has 24 heavy (non-hydrogen) atoms. The molecule has 2 heterocycles. The number of rotatable bonds is 3. The Morgan fingerprint density at radius 1 is 1.21 bits per heavy atom. The van der Waals surface area contributed by atoms with Crippen LogP contribution >= 0.6 is 0 Å². The maximum Gasteiger partial charge on any atom is 0.299 e. The Balaban J connectivity index is 1.77. The Bertz CT molecular complexity index is 782. The van der Waals surface area contributed by atoms with E-state index in [1.165, 1.54) is 17.2 Å². The van der Waals surface area contributed by atoms with Crippen LogP contribution in [0.4, 0.5) is 5.69 Å². The van der Waals surface area contributed by atoms with Crippen molar-refractivity contribution in [3.8, 4) is 0 Å². The lowest BCUT2D eigenvalue weighted by Crippen LogP contribution is -2.58. The Hall–Kier alpha value is -2.89. The van der Waals surface area contributed by atoms with Gasteiger partial charge in [-0.3, -0.25) is 14.4 Å². The summed E-state index contributed by atoms with van der Waals surface area (Å²) in [4.78, 5) is 40.0. The number of piperazine rings is 1. The van der Waals surface area contributed by atoms with Gasteiger partial charge >= 0.3 is 0 Å². The molecular weight excluding hydrogens is 308 g/mol. The fourth-order valence-electron chi connectivity index (χ4n) is 2.81. The minimum atomic E-state index is -0.733. The minimum Gasteiger partial charge on any atom is -0.461 e. The molecular formula is C18H18N2O4. The number of ketones is 1. The van der Waals surface area contributed by atoms with Crippen LogP contribution in [0.1, 0.15) is 23.0 Å². The quantitative estimate of drug-likeness (QED) is 0.639. The molecule has 0 spiro atoms. The standard InChI is InChI=1S/C18H18N2O4/c1-12-5-3-6-14(9-12)20-10-13(2)19(11-16(20)21)18(23)17(22)15-7-4-8-24-15/h3-9,13H,10-11H2,1-2H3/t13-/m1/s1. The van der Waals surface area contributed by atoms with Gasteiger partial charge in [-0.15, -0.1) is 0 Å². The fraction of sp³-hybridized carbons (Fsp3) is 0.278. The third-order valence-electron chi connectivity index (χ3n) is 4.10. The third-order valence-corrected chi connectivity index (χ3v) is 4.10. The summed E-state index contributed by atoms with van der Waals surface area (Å²) in [6, 6.07) is 10.4. The molecule has 2 aromatic rings. The molecule has 1 aromatic carbocycles. The molecule has 6 nitrogen and oxygen atoms in total. The molecule has 1 fully saturated rings. The number of hydrogen-bond acceptors (Lipinski definition) is 4. The van der Waals surface area contributed by atoms with Crippen LogP contribution in [0, 0.1) is 6.92 Å². The second-order valence-corrected chi connectivity index (χ2v) is 5.93. The molecule has 124 valence electrons. The zero-order valence-electron chi connectivity index (χ0n) is 13.6. The number of furan rings is 1. The largest absolute Gasteiger partial charge is 0.461 e. The number of carbonyl (C=O) groups excluding carboxylic acids is 3. The number of anilines is 1. The summed E-state index contributed by atoms with van der Waals surface area (Å²) in [7, 11) is 0. The molecule has 2 amide bonds. The molecule has 6 heteroatoms. The summed E-state index contributed by atoms with van der Waals surface area (Å²) < 4.78 is 4.98. The molecule has 0 saturated carbocycles. The van der Waals surface area contributed by atoms with E-state index in [4.69, 9.17) is 4.42 Å². The van der Waals surface area contributed by atoms with Crippen molar-refractivity contribution in [2.45, 2.75) is 19.9 Å². The van der Waals surface area contributed by atoms with Crippen LogP contribution in [0.5, 0.6) is 0 Å². The van der Waals surface area contributed by atoms with Gasteiger partial charge < -0.3 is 14.2 Å². The highest BCUT2D eigenvalue weighted by Gasteiger charge is 2.36. The Morgan fingerprint density at radius 3 is 2.67 bits per heavy atom. The highest BCUT2D eigenvalue weighted by Crippen LogP contribution is 2.22. The molecule has 1 aliphatic rings. The maximum absolute atomic E-state index is 12.5. The molecule has 0 aliphatic carbocycles. The lowest BCUT2D eigenvalue weighted by Gasteiger charge is -2.39. The minimum absolute atomic E-state index is 0.0132. The van der Waals surface area contributed by atoms with Crippen LogP contribution in [0.15, 0.2) is 47.1 Å². The van der Waals surface area contributed by atoms with Crippen molar-refractivity contribution in [3.63, 3.8) is 0 Å². The Morgan fingerprint density at radius 2 is 2.00 bits per heavy atom. The summed E-state index contributed by atoms with van der Waals surface area (Å²) in [5, 5.41) is 0. The van der Waals surface area contributed by atoms with E-state index in [0.29, 0.717) is 6.54 Å². The van der Waals surface area contributed by atoms with Gasteiger partial charge in [-0.1, -0.05) is 12.1 Å². The third kappa shape index (κ3) is 2.95.